The first-order valence-corrected chi connectivity index (χ1v) is 13.7. The second-order valence-electron chi connectivity index (χ2n) is 10.0. The molecule has 7 aromatic carbocycles. The van der Waals surface area contributed by atoms with E-state index in [0.717, 1.165) is 5.56 Å². The quantitative estimate of drug-likeness (QED) is 0.166. The molecule has 2 heteroatoms. The Morgan fingerprint density at radius 3 is 1.98 bits per heavy atom. The van der Waals surface area contributed by atoms with Gasteiger partial charge in [0.1, 0.15) is 0 Å². The molecule has 0 saturated heterocycles. The third-order valence-corrected chi connectivity index (χ3v) is 7.63. The van der Waals surface area contributed by atoms with Crippen molar-refractivity contribution < 1.29 is 18.9 Å². The zero-order valence-electron chi connectivity index (χ0n) is 23.5. The number of rotatable bonds is 3. The molecule has 0 saturated carbocycles. The van der Waals surface area contributed by atoms with E-state index in [0.29, 0.717) is 0 Å². The number of benzene rings is 7. The Hall–Kier alpha value is -4.80. The molecule has 0 radical (unpaired) electrons. The van der Waals surface area contributed by atoms with Gasteiger partial charge in [-0.15, -0.1) is 11.6 Å². The Labute approximate surface area is 258 Å². The summed E-state index contributed by atoms with van der Waals surface area (Å²) in [4.78, 5) is 0. The summed E-state index contributed by atoms with van der Waals surface area (Å²) in [5, 5.41) is 7.65. The smallest absolute Gasteiger partial charge is 0.344 e. The average molecular weight is 528 g/mol. The molecule has 194 valence electrons. The van der Waals surface area contributed by atoms with E-state index in [1.165, 1.54) is 66.2 Å². The Bertz CT molecular complexity index is 2150. The summed E-state index contributed by atoms with van der Waals surface area (Å²) in [7, 11) is 0. The Morgan fingerprint density at radius 1 is 0.548 bits per heavy atom. The van der Waals surface area contributed by atoms with Crippen LogP contribution in [0.15, 0.2) is 146 Å². The predicted octanol–water partition coefficient (Wildman–Crippen LogP) is 7.49. The van der Waals surface area contributed by atoms with Crippen molar-refractivity contribution in [3.63, 3.8) is 0 Å². The summed E-state index contributed by atoms with van der Waals surface area (Å²) in [5.41, 5.74) is 7.05. The van der Waals surface area contributed by atoms with Crippen molar-refractivity contribution >= 4 is 49.4 Å². The molecule has 0 aliphatic heterocycles. The molecule has 8 aromatic rings. The van der Waals surface area contributed by atoms with E-state index in [1.807, 2.05) is 36.4 Å². The van der Waals surface area contributed by atoms with Gasteiger partial charge in [-0.05, 0) is 46.0 Å². The summed E-state index contributed by atoms with van der Waals surface area (Å²) in [5.74, 6) is 0. The van der Waals surface area contributed by atoms with E-state index < -0.39 is 0 Å². The van der Waals surface area contributed by atoms with Crippen molar-refractivity contribution in [3.8, 4) is 16.8 Å². The van der Waals surface area contributed by atoms with Crippen LogP contribution in [0.5, 0.6) is 0 Å². The zero-order chi connectivity index (χ0) is 27.6. The van der Waals surface area contributed by atoms with Gasteiger partial charge in [0, 0.05) is 16.2 Å². The molecule has 0 aliphatic rings. The summed E-state index contributed by atoms with van der Waals surface area (Å²) in [6.45, 7) is 5.19. The molecule has 0 unspecified atom stereocenters. The van der Waals surface area contributed by atoms with Gasteiger partial charge in [-0.1, -0.05) is 72.8 Å². The molecule has 0 N–H and O–H groups in total. The van der Waals surface area contributed by atoms with Crippen LogP contribution < -0.4 is 18.9 Å². The fraction of sp³-hybridized carbons (Fsp3) is 0. The minimum Gasteiger partial charge on any atom is -0.344 e. The molecule has 1 heterocycles. The topological polar surface area (TPSA) is 4.93 Å². The first-order chi connectivity index (χ1) is 20.3. The van der Waals surface area contributed by atoms with Gasteiger partial charge in [-0.2, -0.15) is 42.5 Å². The molecule has 0 spiro atoms. The fourth-order valence-corrected chi connectivity index (χ4v) is 5.72. The SMILES string of the molecule is [CH-]=Cc1[c-]cccc1.[Li+].[c-]1ccc(-c2ccc3c(c2)c2c4ccccc4ccc2n3-c2cccc3ccccc23)cc1. The summed E-state index contributed by atoms with van der Waals surface area (Å²) < 4.78 is 2.43. The van der Waals surface area contributed by atoms with Crippen LogP contribution in [0, 0.1) is 18.7 Å². The molecular weight excluding hydrogens is 501 g/mol. The average Bonchev–Trinajstić information content (AvgIpc) is 3.39. The van der Waals surface area contributed by atoms with Crippen LogP contribution in [0.4, 0.5) is 0 Å². The van der Waals surface area contributed by atoms with E-state index in [4.69, 9.17) is 6.58 Å². The van der Waals surface area contributed by atoms with Crippen LogP contribution in [0.25, 0.3) is 66.2 Å². The molecule has 8 rings (SSSR count). The van der Waals surface area contributed by atoms with Gasteiger partial charge in [0.05, 0.1) is 16.7 Å². The Balaban J connectivity index is 0.000000307. The molecule has 42 heavy (non-hydrogen) atoms. The normalized spacial score (nSPS) is 10.8. The van der Waals surface area contributed by atoms with Crippen LogP contribution in [0.1, 0.15) is 5.56 Å². The van der Waals surface area contributed by atoms with E-state index in [-0.39, 0.29) is 18.9 Å². The van der Waals surface area contributed by atoms with Gasteiger partial charge < -0.3 is 22.8 Å². The largest absolute Gasteiger partial charge is 1.00 e. The third kappa shape index (κ3) is 4.95. The summed E-state index contributed by atoms with van der Waals surface area (Å²) >= 11 is 0. The standard InChI is InChI=1S/C32H20N.C8H6.Li/c1-2-9-22(10-3-1)25-18-19-30-28(21-25)32-27-15-7-5-12-24(27)17-20-31(32)33(30)29-16-8-13-23-11-4-6-14-26(23)29;1-2-8-6-4-3-5-7-8;/h2-21H;1-6H;/q-1;-2;+1. The first kappa shape index (κ1) is 27.4. The summed E-state index contributed by atoms with van der Waals surface area (Å²) in [6, 6.07) is 57.2. The third-order valence-electron chi connectivity index (χ3n) is 7.63. The van der Waals surface area contributed by atoms with Crippen molar-refractivity contribution in [3.05, 3.63) is 170 Å². The number of fused-ring (bicyclic) bond motifs is 6. The number of hydrogen-bond donors (Lipinski definition) is 0. The van der Waals surface area contributed by atoms with Crippen LogP contribution in [-0.4, -0.2) is 4.57 Å². The van der Waals surface area contributed by atoms with Gasteiger partial charge in [-0.25, -0.2) is 12.1 Å². The maximum absolute atomic E-state index is 5.19. The van der Waals surface area contributed by atoms with Gasteiger partial charge in [0.15, 0.2) is 0 Å². The molecule has 0 atom stereocenters. The van der Waals surface area contributed by atoms with Crippen LogP contribution in [0.2, 0.25) is 0 Å². The van der Waals surface area contributed by atoms with Crippen molar-refractivity contribution in [2.75, 3.05) is 0 Å². The monoisotopic (exact) mass is 527 g/mol. The number of nitrogens with zero attached hydrogens (tertiary/aromatic N) is 1. The fourth-order valence-electron chi connectivity index (χ4n) is 5.72. The molecule has 0 aliphatic carbocycles. The van der Waals surface area contributed by atoms with Crippen molar-refractivity contribution in [1.29, 1.82) is 0 Å². The molecule has 0 amide bonds. The van der Waals surface area contributed by atoms with Gasteiger partial charge >= 0.3 is 18.9 Å². The van der Waals surface area contributed by atoms with E-state index in [9.17, 15) is 0 Å². The molecule has 1 nitrogen and oxygen atoms in total. The van der Waals surface area contributed by atoms with E-state index >= 15 is 0 Å². The predicted molar refractivity (Wildman–Crippen MR) is 174 cm³/mol. The van der Waals surface area contributed by atoms with Gasteiger partial charge in [-0.3, -0.25) is 0 Å². The summed E-state index contributed by atoms with van der Waals surface area (Å²) in [6.07, 6.45) is 1.53. The van der Waals surface area contributed by atoms with Crippen LogP contribution >= 0.6 is 0 Å². The number of hydrogen-bond acceptors (Lipinski definition) is 0. The van der Waals surface area contributed by atoms with E-state index in [2.05, 4.69) is 126 Å². The Morgan fingerprint density at radius 2 is 1.24 bits per heavy atom. The number of aromatic nitrogens is 1. The van der Waals surface area contributed by atoms with Crippen molar-refractivity contribution in [2.45, 2.75) is 0 Å². The minimum atomic E-state index is 0. The minimum absolute atomic E-state index is 0. The van der Waals surface area contributed by atoms with Crippen LogP contribution in [0.3, 0.4) is 0 Å². The van der Waals surface area contributed by atoms with Crippen molar-refractivity contribution in [2.24, 2.45) is 0 Å². The zero-order valence-corrected chi connectivity index (χ0v) is 23.5. The maximum atomic E-state index is 5.19. The van der Waals surface area contributed by atoms with Gasteiger partial charge in [0.25, 0.3) is 0 Å². The molecular formula is C40H26LiN-2. The second-order valence-corrected chi connectivity index (χ2v) is 10.0. The second kappa shape index (κ2) is 12.0. The first-order valence-electron chi connectivity index (χ1n) is 13.7. The molecule has 0 fully saturated rings. The van der Waals surface area contributed by atoms with Crippen molar-refractivity contribution in [1.82, 2.24) is 4.57 Å². The van der Waals surface area contributed by atoms with Crippen LogP contribution in [-0.2, 0) is 0 Å². The van der Waals surface area contributed by atoms with Gasteiger partial charge in [0.2, 0.25) is 0 Å². The maximum Gasteiger partial charge on any atom is 1.00 e. The Kier molecular flexibility index (Phi) is 7.80. The molecule has 1 aromatic heterocycles. The molecule has 0 bridgehead atoms. The van der Waals surface area contributed by atoms with E-state index in [1.54, 1.807) is 0 Å².